The van der Waals surface area contributed by atoms with E-state index in [4.69, 9.17) is 4.74 Å². The molecule has 2 atom stereocenters. The summed E-state index contributed by atoms with van der Waals surface area (Å²) in [5.74, 6) is 1.87. The van der Waals surface area contributed by atoms with E-state index >= 15 is 0 Å². The molecule has 0 spiro atoms. The molecule has 2 aliphatic carbocycles. The second kappa shape index (κ2) is 6.03. The highest BCUT2D eigenvalue weighted by molar-refractivity contribution is 5.68. The van der Waals surface area contributed by atoms with Crippen LogP contribution in [0.1, 0.15) is 66.2 Å². The van der Waals surface area contributed by atoms with Gasteiger partial charge in [-0.3, -0.25) is 0 Å². The number of likely N-dealkylation sites (tertiary alicyclic amines) is 1. The molecule has 22 heavy (non-hydrogen) atoms. The maximum Gasteiger partial charge on any atom is 0.410 e. The number of nitrogens with one attached hydrogen (secondary N) is 1. The van der Waals surface area contributed by atoms with Crippen molar-refractivity contribution in [3.05, 3.63) is 0 Å². The molecule has 3 rings (SSSR count). The SMILES string of the molecule is CC1CC(NC(C2CC2)C2CC2)CCN1C(=O)OC(C)(C)C. The first-order valence-corrected chi connectivity index (χ1v) is 9.09. The van der Waals surface area contributed by atoms with E-state index in [1.54, 1.807) is 0 Å². The summed E-state index contributed by atoms with van der Waals surface area (Å²) >= 11 is 0. The van der Waals surface area contributed by atoms with Crippen molar-refractivity contribution in [2.45, 2.75) is 89.9 Å². The number of piperidine rings is 1. The van der Waals surface area contributed by atoms with Crippen molar-refractivity contribution in [1.29, 1.82) is 0 Å². The first-order valence-electron chi connectivity index (χ1n) is 9.09. The molecule has 0 bridgehead atoms. The van der Waals surface area contributed by atoms with Crippen molar-refractivity contribution in [3.63, 3.8) is 0 Å². The van der Waals surface area contributed by atoms with Gasteiger partial charge in [-0.15, -0.1) is 0 Å². The second-order valence-electron chi connectivity index (χ2n) is 8.61. The smallest absolute Gasteiger partial charge is 0.410 e. The Morgan fingerprint density at radius 2 is 1.73 bits per heavy atom. The van der Waals surface area contributed by atoms with Crippen LogP contribution in [0.5, 0.6) is 0 Å². The topological polar surface area (TPSA) is 41.6 Å². The summed E-state index contributed by atoms with van der Waals surface area (Å²) in [6, 6.07) is 1.59. The second-order valence-corrected chi connectivity index (χ2v) is 8.61. The first kappa shape index (κ1) is 16.1. The number of hydrogen-bond acceptors (Lipinski definition) is 3. The van der Waals surface area contributed by atoms with E-state index in [9.17, 15) is 4.79 Å². The molecule has 0 aromatic heterocycles. The minimum atomic E-state index is -0.408. The molecule has 126 valence electrons. The third-order valence-corrected chi connectivity index (χ3v) is 5.19. The Labute approximate surface area is 135 Å². The van der Waals surface area contributed by atoms with Crippen molar-refractivity contribution in [3.8, 4) is 0 Å². The lowest BCUT2D eigenvalue weighted by Crippen LogP contribution is -2.53. The Morgan fingerprint density at radius 3 is 2.18 bits per heavy atom. The predicted octanol–water partition coefficient (Wildman–Crippen LogP) is 3.55. The molecule has 3 fully saturated rings. The van der Waals surface area contributed by atoms with Crippen LogP contribution in [0.25, 0.3) is 0 Å². The monoisotopic (exact) mass is 308 g/mol. The Hall–Kier alpha value is -0.770. The highest BCUT2D eigenvalue weighted by Gasteiger charge is 2.43. The number of carbonyl (C=O) groups excluding carboxylic acids is 1. The summed E-state index contributed by atoms with van der Waals surface area (Å²) in [5, 5.41) is 3.94. The van der Waals surface area contributed by atoms with Crippen molar-refractivity contribution in [2.24, 2.45) is 11.8 Å². The van der Waals surface area contributed by atoms with Gasteiger partial charge >= 0.3 is 6.09 Å². The van der Waals surface area contributed by atoms with Gasteiger partial charge in [-0.25, -0.2) is 4.79 Å². The summed E-state index contributed by atoms with van der Waals surface area (Å²) in [6.45, 7) is 8.76. The summed E-state index contributed by atoms with van der Waals surface area (Å²) < 4.78 is 5.53. The van der Waals surface area contributed by atoms with Crippen molar-refractivity contribution >= 4 is 6.09 Å². The largest absolute Gasteiger partial charge is 0.444 e. The Balaban J connectivity index is 1.50. The maximum absolute atomic E-state index is 12.3. The summed E-state index contributed by atoms with van der Waals surface area (Å²) in [7, 11) is 0. The van der Waals surface area contributed by atoms with Crippen molar-refractivity contribution in [1.82, 2.24) is 10.2 Å². The van der Waals surface area contributed by atoms with Gasteiger partial charge in [0.15, 0.2) is 0 Å². The Morgan fingerprint density at radius 1 is 1.14 bits per heavy atom. The number of rotatable bonds is 4. The van der Waals surface area contributed by atoms with E-state index in [2.05, 4.69) is 12.2 Å². The molecule has 4 nitrogen and oxygen atoms in total. The summed E-state index contributed by atoms with van der Waals surface area (Å²) in [4.78, 5) is 14.2. The molecule has 1 heterocycles. The number of ether oxygens (including phenoxy) is 1. The van der Waals surface area contributed by atoms with Crippen molar-refractivity contribution < 1.29 is 9.53 Å². The summed E-state index contributed by atoms with van der Waals surface area (Å²) in [6.07, 6.45) is 7.62. The maximum atomic E-state index is 12.3. The van der Waals surface area contributed by atoms with E-state index in [1.807, 2.05) is 25.7 Å². The molecule has 2 saturated carbocycles. The summed E-state index contributed by atoms with van der Waals surface area (Å²) in [5.41, 5.74) is -0.408. The van der Waals surface area contributed by atoms with Gasteiger partial charge in [-0.1, -0.05) is 0 Å². The van der Waals surface area contributed by atoms with Crippen LogP contribution in [0.15, 0.2) is 0 Å². The minimum absolute atomic E-state index is 0.153. The lowest BCUT2D eigenvalue weighted by molar-refractivity contribution is 0.00875. The van der Waals surface area contributed by atoms with Crippen LogP contribution in [-0.4, -0.2) is 41.3 Å². The Bertz CT molecular complexity index is 398. The minimum Gasteiger partial charge on any atom is -0.444 e. The average molecular weight is 308 g/mol. The zero-order chi connectivity index (χ0) is 15.9. The van der Waals surface area contributed by atoms with Gasteiger partial charge in [0.25, 0.3) is 0 Å². The van der Waals surface area contributed by atoms with E-state index in [0.717, 1.165) is 37.3 Å². The van der Waals surface area contributed by atoms with Crippen LogP contribution >= 0.6 is 0 Å². The van der Waals surface area contributed by atoms with Gasteiger partial charge < -0.3 is 15.0 Å². The molecule has 2 unspecified atom stereocenters. The number of hydrogen-bond donors (Lipinski definition) is 1. The van der Waals surface area contributed by atoms with E-state index in [0.29, 0.717) is 6.04 Å². The van der Waals surface area contributed by atoms with Gasteiger partial charge in [-0.05, 0) is 78.1 Å². The van der Waals surface area contributed by atoms with Crippen LogP contribution in [0.3, 0.4) is 0 Å². The van der Waals surface area contributed by atoms with Gasteiger partial charge in [0.2, 0.25) is 0 Å². The van der Waals surface area contributed by atoms with Crippen LogP contribution in [0.4, 0.5) is 4.79 Å². The van der Waals surface area contributed by atoms with Crippen LogP contribution in [-0.2, 0) is 4.74 Å². The fraction of sp³-hybridized carbons (Fsp3) is 0.944. The molecule has 1 amide bonds. The quantitative estimate of drug-likeness (QED) is 0.863. The molecule has 0 aromatic rings. The molecule has 1 N–H and O–H groups in total. The molecule has 4 heteroatoms. The lowest BCUT2D eigenvalue weighted by atomic mass is 9.96. The molecule has 0 aromatic carbocycles. The van der Waals surface area contributed by atoms with E-state index in [1.165, 1.54) is 25.7 Å². The zero-order valence-corrected chi connectivity index (χ0v) is 14.6. The van der Waals surface area contributed by atoms with Crippen LogP contribution < -0.4 is 5.32 Å². The van der Waals surface area contributed by atoms with Gasteiger partial charge in [-0.2, -0.15) is 0 Å². The number of amides is 1. The highest BCUT2D eigenvalue weighted by Crippen LogP contribution is 2.45. The van der Waals surface area contributed by atoms with Crippen molar-refractivity contribution in [2.75, 3.05) is 6.54 Å². The Kier molecular flexibility index (Phi) is 4.41. The molecule has 0 radical (unpaired) electrons. The fourth-order valence-corrected chi connectivity index (χ4v) is 3.76. The third kappa shape index (κ3) is 4.15. The number of carbonyl (C=O) groups is 1. The van der Waals surface area contributed by atoms with Crippen LogP contribution in [0.2, 0.25) is 0 Å². The predicted molar refractivity (Wildman–Crippen MR) is 87.8 cm³/mol. The zero-order valence-electron chi connectivity index (χ0n) is 14.6. The first-order chi connectivity index (χ1) is 10.3. The normalized spacial score (nSPS) is 29.8. The van der Waals surface area contributed by atoms with Gasteiger partial charge in [0.1, 0.15) is 5.60 Å². The number of nitrogens with zero attached hydrogens (tertiary/aromatic N) is 1. The fourth-order valence-electron chi connectivity index (χ4n) is 3.76. The van der Waals surface area contributed by atoms with Gasteiger partial charge in [0.05, 0.1) is 0 Å². The molecule has 1 aliphatic heterocycles. The standard InChI is InChI=1S/C18H32N2O2/c1-12-11-15(19-16(13-5-6-13)14-7-8-14)9-10-20(12)17(21)22-18(2,3)4/h12-16,19H,5-11H2,1-4H3. The molecule has 1 saturated heterocycles. The molecular formula is C18H32N2O2. The van der Waals surface area contributed by atoms with Gasteiger partial charge in [0, 0.05) is 24.7 Å². The van der Waals surface area contributed by atoms with Crippen LogP contribution in [0, 0.1) is 11.8 Å². The lowest BCUT2D eigenvalue weighted by Gasteiger charge is -2.40. The average Bonchev–Trinajstić information content (AvgIpc) is 3.25. The molecule has 3 aliphatic rings. The van der Waals surface area contributed by atoms with E-state index < -0.39 is 5.60 Å². The third-order valence-electron chi connectivity index (χ3n) is 5.19. The highest BCUT2D eigenvalue weighted by atomic mass is 16.6. The molecular weight excluding hydrogens is 276 g/mol. The van der Waals surface area contributed by atoms with E-state index in [-0.39, 0.29) is 12.1 Å².